The third kappa shape index (κ3) is 6.33. The Morgan fingerprint density at radius 1 is 1.06 bits per heavy atom. The van der Waals surface area contributed by atoms with E-state index in [2.05, 4.69) is 31.3 Å². The lowest BCUT2D eigenvalue weighted by atomic mass is 9.86. The van der Waals surface area contributed by atoms with E-state index in [0.29, 0.717) is 47.2 Å². The Labute approximate surface area is 202 Å². The largest absolute Gasteiger partial charge is 0.481 e. The van der Waals surface area contributed by atoms with Crippen molar-refractivity contribution in [3.63, 3.8) is 0 Å². The molecule has 0 radical (unpaired) electrons. The van der Waals surface area contributed by atoms with E-state index >= 15 is 0 Å². The van der Waals surface area contributed by atoms with Gasteiger partial charge >= 0.3 is 12.1 Å². The smallest absolute Gasteiger partial charge is 0.407 e. The fourth-order valence-electron chi connectivity index (χ4n) is 3.77. The second-order valence-electron chi connectivity index (χ2n) is 8.25. The molecule has 2 aromatic carbocycles. The van der Waals surface area contributed by atoms with Crippen LogP contribution < -0.4 is 5.32 Å². The van der Waals surface area contributed by atoms with Gasteiger partial charge in [0.15, 0.2) is 0 Å². The Morgan fingerprint density at radius 2 is 1.75 bits per heavy atom. The normalized spacial score (nSPS) is 18.4. The maximum absolute atomic E-state index is 12.2. The Morgan fingerprint density at radius 3 is 2.41 bits per heavy atom. The maximum Gasteiger partial charge on any atom is 0.407 e. The van der Waals surface area contributed by atoms with Crippen molar-refractivity contribution in [1.29, 1.82) is 0 Å². The van der Waals surface area contributed by atoms with Gasteiger partial charge in [-0.25, -0.2) is 4.79 Å². The summed E-state index contributed by atoms with van der Waals surface area (Å²) in [5.74, 6) is -0.709. The van der Waals surface area contributed by atoms with Gasteiger partial charge in [0.05, 0.1) is 16.0 Å². The highest BCUT2D eigenvalue weighted by atomic mass is 35.5. The molecular weight excluding hydrogens is 469 g/mol. The highest BCUT2D eigenvalue weighted by Crippen LogP contribution is 2.41. The number of hydrogen-bond donors (Lipinski definition) is 2. The number of alkyl carbamates (subject to hydrolysis) is 1. The molecule has 3 rings (SSSR count). The second-order valence-corrected chi connectivity index (χ2v) is 10.1. The molecule has 0 unspecified atom stereocenters. The number of aliphatic carboxylic acids is 1. The van der Waals surface area contributed by atoms with Crippen molar-refractivity contribution < 1.29 is 19.4 Å². The van der Waals surface area contributed by atoms with Crippen LogP contribution in [0.15, 0.2) is 46.2 Å². The first-order valence-corrected chi connectivity index (χ1v) is 12.2. The van der Waals surface area contributed by atoms with E-state index in [1.165, 1.54) is 5.56 Å². The highest BCUT2D eigenvalue weighted by Gasteiger charge is 2.27. The minimum Gasteiger partial charge on any atom is -0.481 e. The summed E-state index contributed by atoms with van der Waals surface area (Å²) in [5, 5.41) is 12.7. The summed E-state index contributed by atoms with van der Waals surface area (Å²) in [6.07, 6.45) is 1.83. The van der Waals surface area contributed by atoms with E-state index in [1.807, 2.05) is 24.3 Å². The van der Waals surface area contributed by atoms with E-state index in [9.17, 15) is 9.59 Å². The van der Waals surface area contributed by atoms with Gasteiger partial charge in [0, 0.05) is 21.4 Å². The fraction of sp³-hybridized carbons (Fsp3) is 0.417. The molecule has 0 saturated heterocycles. The van der Waals surface area contributed by atoms with Crippen LogP contribution in [0.1, 0.15) is 56.6 Å². The Hall–Kier alpha value is -1.89. The lowest BCUT2D eigenvalue weighted by Crippen LogP contribution is -2.38. The number of nitrogens with one attached hydrogen (secondary N) is 1. The monoisotopic (exact) mass is 495 g/mol. The molecule has 8 heteroatoms. The molecule has 0 heterocycles. The van der Waals surface area contributed by atoms with Crippen molar-refractivity contribution in [3.05, 3.63) is 57.6 Å². The van der Waals surface area contributed by atoms with Gasteiger partial charge in [0.2, 0.25) is 0 Å². The Bertz CT molecular complexity index is 974. The zero-order valence-corrected chi connectivity index (χ0v) is 20.4. The van der Waals surface area contributed by atoms with Crippen LogP contribution in [0.25, 0.3) is 0 Å². The van der Waals surface area contributed by atoms with E-state index in [0.717, 1.165) is 9.79 Å². The van der Waals surface area contributed by atoms with Crippen LogP contribution >= 0.6 is 35.0 Å². The number of amides is 1. The zero-order valence-electron chi connectivity index (χ0n) is 18.1. The summed E-state index contributed by atoms with van der Waals surface area (Å²) in [7, 11) is 0. The van der Waals surface area contributed by atoms with Crippen molar-refractivity contribution >= 4 is 47.0 Å². The third-order valence-corrected chi connectivity index (χ3v) is 7.83. The average molecular weight is 496 g/mol. The number of benzene rings is 2. The Kier molecular flexibility index (Phi) is 8.74. The first kappa shape index (κ1) is 24.7. The molecule has 2 N–H and O–H groups in total. The van der Waals surface area contributed by atoms with Crippen LogP contribution in [0, 0.1) is 5.92 Å². The molecule has 2 aromatic rings. The van der Waals surface area contributed by atoms with Gasteiger partial charge in [-0.1, -0.05) is 73.1 Å². The van der Waals surface area contributed by atoms with Crippen LogP contribution in [0.4, 0.5) is 4.79 Å². The average Bonchev–Trinajstić information content (AvgIpc) is 2.77. The second kappa shape index (κ2) is 11.3. The molecule has 5 nitrogen and oxygen atoms in total. The molecule has 172 valence electrons. The first-order chi connectivity index (χ1) is 15.3. The van der Waals surface area contributed by atoms with Crippen LogP contribution in [0.5, 0.6) is 0 Å². The number of ether oxygens (including phenoxy) is 1. The predicted molar refractivity (Wildman–Crippen MR) is 128 cm³/mol. The summed E-state index contributed by atoms with van der Waals surface area (Å²) in [5.41, 5.74) is 1.87. The lowest BCUT2D eigenvalue weighted by Gasteiger charge is -2.26. The van der Waals surface area contributed by atoms with Crippen molar-refractivity contribution in [2.75, 3.05) is 0 Å². The maximum atomic E-state index is 12.2. The number of hydrogen-bond acceptors (Lipinski definition) is 4. The molecule has 32 heavy (non-hydrogen) atoms. The minimum atomic E-state index is -0.771. The van der Waals surface area contributed by atoms with E-state index in [1.54, 1.807) is 11.8 Å². The molecule has 1 aliphatic rings. The van der Waals surface area contributed by atoms with E-state index in [4.69, 9.17) is 33.0 Å². The predicted octanol–water partition coefficient (Wildman–Crippen LogP) is 7.14. The summed E-state index contributed by atoms with van der Waals surface area (Å²) >= 11 is 14.6. The number of carboxylic acids is 1. The van der Waals surface area contributed by atoms with Gasteiger partial charge in [0.25, 0.3) is 0 Å². The molecule has 0 spiro atoms. The lowest BCUT2D eigenvalue weighted by molar-refractivity contribution is -0.142. The first-order valence-electron chi connectivity index (χ1n) is 10.7. The Balaban J connectivity index is 1.58. The number of rotatable bonds is 7. The topological polar surface area (TPSA) is 75.6 Å². The summed E-state index contributed by atoms with van der Waals surface area (Å²) in [6.45, 7) is 4.30. The number of carbonyl (C=O) groups is 2. The van der Waals surface area contributed by atoms with Gasteiger partial charge in [-0.3, -0.25) is 4.79 Å². The molecule has 1 fully saturated rings. The number of halogens is 2. The molecule has 1 saturated carbocycles. The van der Waals surface area contributed by atoms with Crippen molar-refractivity contribution in [1.82, 2.24) is 5.32 Å². The van der Waals surface area contributed by atoms with Gasteiger partial charge < -0.3 is 15.2 Å². The number of carbonyl (C=O) groups excluding carboxylic acids is 1. The standard InChI is InChI=1S/C24H27Cl2NO4S/c1-14(2)18-5-3-4-6-19(18)32-20-12-9-16(21(25)22(20)26)13-31-24(30)27-17-10-7-15(8-11-17)23(28)29/h3-6,9,12,14-15,17H,7-8,10-11,13H2,1-2H3,(H,27,30)(H,28,29). The molecular formula is C24H27Cl2NO4S. The summed E-state index contributed by atoms with van der Waals surface area (Å²) in [4.78, 5) is 25.2. The summed E-state index contributed by atoms with van der Waals surface area (Å²) in [6, 6.07) is 11.8. The summed E-state index contributed by atoms with van der Waals surface area (Å²) < 4.78 is 5.33. The van der Waals surface area contributed by atoms with Crippen molar-refractivity contribution in [2.24, 2.45) is 5.92 Å². The quantitative estimate of drug-likeness (QED) is 0.426. The highest BCUT2D eigenvalue weighted by molar-refractivity contribution is 7.99. The van der Waals surface area contributed by atoms with Crippen LogP contribution in [-0.4, -0.2) is 23.2 Å². The van der Waals surface area contributed by atoms with Gasteiger partial charge in [-0.2, -0.15) is 0 Å². The number of carboxylic acid groups (broad SMARTS) is 1. The minimum absolute atomic E-state index is 0.00237. The van der Waals surface area contributed by atoms with E-state index in [-0.39, 0.29) is 18.6 Å². The van der Waals surface area contributed by atoms with Gasteiger partial charge in [-0.15, -0.1) is 0 Å². The fourth-order valence-corrected chi connectivity index (χ4v) is 5.48. The molecule has 0 aliphatic heterocycles. The van der Waals surface area contributed by atoms with Crippen molar-refractivity contribution in [2.45, 2.75) is 67.9 Å². The van der Waals surface area contributed by atoms with Gasteiger partial charge in [0.1, 0.15) is 6.61 Å². The van der Waals surface area contributed by atoms with Crippen LogP contribution in [0.3, 0.4) is 0 Å². The molecule has 1 aliphatic carbocycles. The SMILES string of the molecule is CC(C)c1ccccc1Sc1ccc(COC(=O)NC2CCC(C(=O)O)CC2)c(Cl)c1Cl. The zero-order chi connectivity index (χ0) is 23.3. The van der Waals surface area contributed by atoms with Gasteiger partial charge in [-0.05, 0) is 49.3 Å². The molecule has 0 bridgehead atoms. The van der Waals surface area contributed by atoms with E-state index < -0.39 is 12.1 Å². The molecule has 0 atom stereocenters. The third-order valence-electron chi connectivity index (χ3n) is 5.64. The van der Waals surface area contributed by atoms with Crippen molar-refractivity contribution in [3.8, 4) is 0 Å². The molecule has 0 aromatic heterocycles. The molecule has 1 amide bonds. The van der Waals surface area contributed by atoms with Crippen LogP contribution in [-0.2, 0) is 16.1 Å². The van der Waals surface area contributed by atoms with Crippen LogP contribution in [0.2, 0.25) is 10.0 Å².